The minimum absolute atomic E-state index is 0.225. The Morgan fingerprint density at radius 2 is 1.94 bits per heavy atom. The van der Waals surface area contributed by atoms with Gasteiger partial charge < -0.3 is 4.74 Å². The molecule has 0 radical (unpaired) electrons. The minimum atomic E-state index is 0.225. The quantitative estimate of drug-likeness (QED) is 0.540. The maximum atomic E-state index is 5.97. The highest BCUT2D eigenvalue weighted by Gasteiger charge is 2.42. The van der Waals surface area contributed by atoms with Crippen molar-refractivity contribution in [1.29, 1.82) is 0 Å². The van der Waals surface area contributed by atoms with Gasteiger partial charge in [-0.25, -0.2) is 4.99 Å². The number of ether oxygens (including phenoxy) is 1. The summed E-state index contributed by atoms with van der Waals surface area (Å²) in [5, 5.41) is 0. The van der Waals surface area contributed by atoms with Gasteiger partial charge in [0.2, 0.25) is 0 Å². The second-order valence-electron chi connectivity index (χ2n) is 6.60. The molecule has 0 spiro atoms. The Morgan fingerprint density at radius 1 is 1.29 bits per heavy atom. The number of rotatable bonds is 2. The third-order valence-corrected chi connectivity index (χ3v) is 5.63. The summed E-state index contributed by atoms with van der Waals surface area (Å²) in [6.45, 7) is 7.55. The zero-order valence-corrected chi connectivity index (χ0v) is 13.4. The molecule has 17 heavy (non-hydrogen) atoms. The Kier molecular flexibility index (Phi) is 4.06. The van der Waals surface area contributed by atoms with Gasteiger partial charge in [0.05, 0.1) is 11.5 Å². The molecule has 0 aromatic rings. The van der Waals surface area contributed by atoms with E-state index < -0.39 is 0 Å². The van der Waals surface area contributed by atoms with E-state index in [0.29, 0.717) is 6.04 Å². The SMILES string of the molecule is CC(C)(C)[C@H]1COC(C2(CI)CCCCC2)=N1. The standard InChI is InChI=1S/C14H24INO/c1-13(2,3)11-9-17-12(16-11)14(10-15)7-5-4-6-8-14/h11H,4-10H2,1-3H3/t11-/m1/s1. The first-order chi connectivity index (χ1) is 7.98. The Labute approximate surface area is 119 Å². The molecule has 2 rings (SSSR count). The highest BCUT2D eigenvalue weighted by atomic mass is 127. The Balaban J connectivity index is 2.16. The molecule has 2 aliphatic rings. The molecule has 0 bridgehead atoms. The highest BCUT2D eigenvalue weighted by molar-refractivity contribution is 14.1. The summed E-state index contributed by atoms with van der Waals surface area (Å²) >= 11 is 2.52. The molecule has 0 unspecified atom stereocenters. The predicted octanol–water partition coefficient (Wildman–Crippen LogP) is 4.22. The van der Waals surface area contributed by atoms with Crippen molar-refractivity contribution in [1.82, 2.24) is 0 Å². The van der Waals surface area contributed by atoms with Crippen LogP contribution in [-0.2, 0) is 4.74 Å². The second kappa shape index (κ2) is 5.06. The molecular weight excluding hydrogens is 325 g/mol. The first-order valence-corrected chi connectivity index (χ1v) is 8.28. The van der Waals surface area contributed by atoms with Crippen molar-refractivity contribution in [2.75, 3.05) is 11.0 Å². The summed E-state index contributed by atoms with van der Waals surface area (Å²) in [7, 11) is 0. The largest absolute Gasteiger partial charge is 0.478 e. The second-order valence-corrected chi connectivity index (χ2v) is 7.36. The van der Waals surface area contributed by atoms with Crippen LogP contribution in [0, 0.1) is 10.8 Å². The van der Waals surface area contributed by atoms with Crippen molar-refractivity contribution in [3.05, 3.63) is 0 Å². The van der Waals surface area contributed by atoms with Gasteiger partial charge in [0.1, 0.15) is 6.61 Å². The molecule has 0 amide bonds. The molecule has 1 aliphatic carbocycles. The predicted molar refractivity (Wildman–Crippen MR) is 81.0 cm³/mol. The van der Waals surface area contributed by atoms with Gasteiger partial charge in [-0.2, -0.15) is 0 Å². The zero-order valence-electron chi connectivity index (χ0n) is 11.3. The third-order valence-electron chi connectivity index (χ3n) is 4.17. The molecule has 0 aromatic carbocycles. The molecule has 98 valence electrons. The molecular formula is C14H24INO. The zero-order chi connectivity index (χ0) is 12.5. The van der Waals surface area contributed by atoms with Crippen molar-refractivity contribution in [2.24, 2.45) is 15.8 Å². The molecule has 1 atom stereocenters. The molecule has 2 nitrogen and oxygen atoms in total. The van der Waals surface area contributed by atoms with Crippen LogP contribution in [-0.4, -0.2) is 23.0 Å². The summed E-state index contributed by atoms with van der Waals surface area (Å²) in [5.41, 5.74) is 0.488. The summed E-state index contributed by atoms with van der Waals surface area (Å²) in [6, 6.07) is 0.347. The lowest BCUT2D eigenvalue weighted by molar-refractivity contribution is 0.204. The van der Waals surface area contributed by atoms with E-state index in [0.717, 1.165) is 16.9 Å². The summed E-state index contributed by atoms with van der Waals surface area (Å²) in [4.78, 5) is 4.92. The smallest absolute Gasteiger partial charge is 0.190 e. The lowest BCUT2D eigenvalue weighted by Gasteiger charge is -2.34. The number of alkyl halides is 1. The van der Waals surface area contributed by atoms with Crippen LogP contribution < -0.4 is 0 Å². The summed E-state index contributed by atoms with van der Waals surface area (Å²) < 4.78 is 7.12. The van der Waals surface area contributed by atoms with Crippen LogP contribution in [0.3, 0.4) is 0 Å². The van der Waals surface area contributed by atoms with Gasteiger partial charge in [-0.3, -0.25) is 0 Å². The lowest BCUT2D eigenvalue weighted by atomic mass is 9.75. The van der Waals surface area contributed by atoms with Crippen molar-refractivity contribution >= 4 is 28.5 Å². The first-order valence-electron chi connectivity index (χ1n) is 6.75. The molecule has 0 aromatic heterocycles. The van der Waals surface area contributed by atoms with Gasteiger partial charge in [-0.05, 0) is 18.3 Å². The number of aliphatic imine (C=N–C) groups is 1. The van der Waals surface area contributed by atoms with E-state index in [-0.39, 0.29) is 10.8 Å². The highest BCUT2D eigenvalue weighted by Crippen LogP contribution is 2.42. The van der Waals surface area contributed by atoms with E-state index >= 15 is 0 Å². The number of nitrogens with zero attached hydrogens (tertiary/aromatic N) is 1. The first kappa shape index (κ1) is 13.6. The van der Waals surface area contributed by atoms with Crippen LogP contribution in [0.15, 0.2) is 4.99 Å². The van der Waals surface area contributed by atoms with Crippen molar-refractivity contribution < 1.29 is 4.74 Å². The van der Waals surface area contributed by atoms with E-state index in [2.05, 4.69) is 43.4 Å². The van der Waals surface area contributed by atoms with E-state index in [1.165, 1.54) is 32.1 Å². The molecule has 1 fully saturated rings. The van der Waals surface area contributed by atoms with E-state index in [9.17, 15) is 0 Å². The third kappa shape index (κ3) is 2.79. The number of hydrogen-bond acceptors (Lipinski definition) is 2. The summed E-state index contributed by atoms with van der Waals surface area (Å²) in [5.74, 6) is 1.08. The average Bonchev–Trinajstić information content (AvgIpc) is 2.79. The fraction of sp³-hybridized carbons (Fsp3) is 0.929. The van der Waals surface area contributed by atoms with Crippen LogP contribution in [0.2, 0.25) is 0 Å². The topological polar surface area (TPSA) is 21.6 Å². The van der Waals surface area contributed by atoms with Crippen molar-refractivity contribution in [3.63, 3.8) is 0 Å². The Hall–Kier alpha value is 0.200. The van der Waals surface area contributed by atoms with Gasteiger partial charge in [-0.1, -0.05) is 62.6 Å². The molecule has 3 heteroatoms. The maximum Gasteiger partial charge on any atom is 0.190 e. The van der Waals surface area contributed by atoms with Crippen molar-refractivity contribution in [2.45, 2.75) is 58.9 Å². The van der Waals surface area contributed by atoms with Crippen LogP contribution in [0.1, 0.15) is 52.9 Å². The number of hydrogen-bond donors (Lipinski definition) is 0. The van der Waals surface area contributed by atoms with Gasteiger partial charge in [-0.15, -0.1) is 0 Å². The van der Waals surface area contributed by atoms with E-state index in [1.54, 1.807) is 0 Å². The van der Waals surface area contributed by atoms with Crippen LogP contribution >= 0.6 is 22.6 Å². The van der Waals surface area contributed by atoms with Crippen LogP contribution in [0.5, 0.6) is 0 Å². The van der Waals surface area contributed by atoms with Gasteiger partial charge in [0.15, 0.2) is 5.90 Å². The number of halogens is 1. The van der Waals surface area contributed by atoms with E-state index in [1.807, 2.05) is 0 Å². The van der Waals surface area contributed by atoms with Gasteiger partial charge in [0.25, 0.3) is 0 Å². The van der Waals surface area contributed by atoms with Crippen molar-refractivity contribution in [3.8, 4) is 0 Å². The monoisotopic (exact) mass is 349 g/mol. The van der Waals surface area contributed by atoms with Crippen LogP contribution in [0.4, 0.5) is 0 Å². The van der Waals surface area contributed by atoms with Gasteiger partial charge >= 0.3 is 0 Å². The maximum absolute atomic E-state index is 5.97. The molecule has 1 saturated carbocycles. The molecule has 1 aliphatic heterocycles. The fourth-order valence-electron chi connectivity index (χ4n) is 2.74. The fourth-order valence-corrected chi connectivity index (χ4v) is 3.83. The molecule has 0 N–H and O–H groups in total. The lowest BCUT2D eigenvalue weighted by Crippen LogP contribution is -2.35. The Bertz CT molecular complexity index is 300. The molecule has 0 saturated heterocycles. The average molecular weight is 349 g/mol. The summed E-state index contributed by atoms with van der Waals surface area (Å²) in [6.07, 6.45) is 6.60. The molecule has 1 heterocycles. The Morgan fingerprint density at radius 3 is 2.41 bits per heavy atom. The van der Waals surface area contributed by atoms with Crippen LogP contribution in [0.25, 0.3) is 0 Å². The van der Waals surface area contributed by atoms with E-state index in [4.69, 9.17) is 9.73 Å². The van der Waals surface area contributed by atoms with Gasteiger partial charge in [0, 0.05) is 4.43 Å². The minimum Gasteiger partial charge on any atom is -0.478 e. The normalized spacial score (nSPS) is 28.7.